The average molecular weight is 388 g/mol. The van der Waals surface area contributed by atoms with E-state index in [1.54, 1.807) is 32.1 Å². The van der Waals surface area contributed by atoms with Crippen molar-refractivity contribution in [2.24, 2.45) is 5.92 Å². The van der Waals surface area contributed by atoms with Crippen LogP contribution < -0.4 is 10.0 Å². The Hall–Kier alpha value is -2.38. The highest BCUT2D eigenvalue weighted by Crippen LogP contribution is 2.47. The highest BCUT2D eigenvalue weighted by Gasteiger charge is 2.36. The van der Waals surface area contributed by atoms with Crippen LogP contribution in [0.1, 0.15) is 44.6 Å². The largest absolute Gasteiger partial charge is 0.461 e. The van der Waals surface area contributed by atoms with Crippen LogP contribution in [0, 0.1) is 5.92 Å². The van der Waals surface area contributed by atoms with Crippen LogP contribution in [-0.2, 0) is 14.8 Å². The van der Waals surface area contributed by atoms with Gasteiger partial charge in [-0.25, -0.2) is 13.1 Å². The number of nitrogens with one attached hydrogen (secondary N) is 2. The molecule has 1 aliphatic rings. The van der Waals surface area contributed by atoms with Crippen LogP contribution in [0.4, 0.5) is 5.69 Å². The normalized spacial score (nSPS) is 19.6. The second-order valence-electron chi connectivity index (χ2n) is 7.18. The lowest BCUT2D eigenvalue weighted by Crippen LogP contribution is -2.30. The molecule has 1 aromatic heterocycles. The Balaban J connectivity index is 1.58. The summed E-state index contributed by atoms with van der Waals surface area (Å²) < 4.78 is 32.4. The molecule has 0 spiro atoms. The van der Waals surface area contributed by atoms with Crippen molar-refractivity contribution in [2.75, 3.05) is 5.32 Å². The van der Waals surface area contributed by atoms with Gasteiger partial charge in [-0.1, -0.05) is 6.92 Å². The van der Waals surface area contributed by atoms with Crippen LogP contribution in [0.25, 0.3) is 6.08 Å². The van der Waals surface area contributed by atoms with Crippen LogP contribution >= 0.6 is 0 Å². The predicted octanol–water partition coefficient (Wildman–Crippen LogP) is 3.74. The van der Waals surface area contributed by atoms with Gasteiger partial charge in [-0.3, -0.25) is 4.79 Å². The van der Waals surface area contributed by atoms with Crippen molar-refractivity contribution in [3.05, 3.63) is 54.0 Å². The van der Waals surface area contributed by atoms with Gasteiger partial charge in [-0.15, -0.1) is 0 Å². The molecule has 1 saturated carbocycles. The quantitative estimate of drug-likeness (QED) is 0.707. The van der Waals surface area contributed by atoms with E-state index in [0.717, 1.165) is 12.2 Å². The Kier molecular flexibility index (Phi) is 5.53. The van der Waals surface area contributed by atoms with Crippen molar-refractivity contribution in [3.8, 4) is 0 Å². The number of carbonyl (C=O) groups is 1. The molecule has 0 unspecified atom stereocenters. The molecule has 0 bridgehead atoms. The third kappa shape index (κ3) is 5.08. The van der Waals surface area contributed by atoms with E-state index in [2.05, 4.69) is 17.0 Å². The molecule has 0 radical (unpaired) electrons. The van der Waals surface area contributed by atoms with Gasteiger partial charge in [-0.05, 0) is 68.7 Å². The molecule has 2 atom stereocenters. The molecule has 3 rings (SSSR count). The smallest absolute Gasteiger partial charge is 0.248 e. The van der Waals surface area contributed by atoms with Gasteiger partial charge in [0, 0.05) is 23.7 Å². The lowest BCUT2D eigenvalue weighted by atomic mass is 10.3. The van der Waals surface area contributed by atoms with Gasteiger partial charge >= 0.3 is 0 Å². The fourth-order valence-electron chi connectivity index (χ4n) is 2.81. The summed E-state index contributed by atoms with van der Waals surface area (Å²) in [5.74, 6) is 2.46. The number of hydrogen-bond acceptors (Lipinski definition) is 4. The molecule has 0 aliphatic heterocycles. The van der Waals surface area contributed by atoms with E-state index in [1.165, 1.54) is 18.2 Å². The van der Waals surface area contributed by atoms with Gasteiger partial charge in [0.25, 0.3) is 0 Å². The van der Waals surface area contributed by atoms with Gasteiger partial charge in [0.05, 0.1) is 4.90 Å². The molecular weight excluding hydrogens is 364 g/mol. The summed E-state index contributed by atoms with van der Waals surface area (Å²) in [5, 5.41) is 2.70. The van der Waals surface area contributed by atoms with Gasteiger partial charge in [0.1, 0.15) is 11.5 Å². The van der Waals surface area contributed by atoms with E-state index < -0.39 is 10.0 Å². The van der Waals surface area contributed by atoms with Gasteiger partial charge in [0.2, 0.25) is 15.9 Å². The highest BCUT2D eigenvalue weighted by atomic mass is 32.2. The van der Waals surface area contributed by atoms with Crippen molar-refractivity contribution in [2.45, 2.75) is 44.0 Å². The molecule has 1 fully saturated rings. The monoisotopic (exact) mass is 388 g/mol. The first-order valence-corrected chi connectivity index (χ1v) is 10.4. The lowest BCUT2D eigenvalue weighted by Gasteiger charge is -2.10. The van der Waals surface area contributed by atoms with Crippen molar-refractivity contribution >= 4 is 27.7 Å². The van der Waals surface area contributed by atoms with E-state index in [1.807, 2.05) is 12.1 Å². The Morgan fingerprint density at radius 3 is 2.44 bits per heavy atom. The fourth-order valence-corrected chi connectivity index (χ4v) is 4.06. The SMILES string of the molecule is CC(C)NS(=O)(=O)c1ccc(NC(=O)/C=C/c2ccc([C@H]3C[C@@H]3C)o2)cc1. The Morgan fingerprint density at radius 1 is 1.19 bits per heavy atom. The number of furan rings is 1. The Morgan fingerprint density at radius 2 is 1.85 bits per heavy atom. The summed E-state index contributed by atoms with van der Waals surface area (Å²) >= 11 is 0. The first kappa shape index (κ1) is 19.4. The van der Waals surface area contributed by atoms with Crippen molar-refractivity contribution in [1.82, 2.24) is 4.72 Å². The topological polar surface area (TPSA) is 88.4 Å². The summed E-state index contributed by atoms with van der Waals surface area (Å²) in [6, 6.07) is 9.64. The van der Waals surface area contributed by atoms with Crippen molar-refractivity contribution in [3.63, 3.8) is 0 Å². The minimum absolute atomic E-state index is 0.155. The van der Waals surface area contributed by atoms with Crippen molar-refractivity contribution in [1.29, 1.82) is 0 Å². The number of amides is 1. The summed E-state index contributed by atoms with van der Waals surface area (Å²) in [7, 11) is -3.54. The van der Waals surface area contributed by atoms with Crippen LogP contribution in [0.2, 0.25) is 0 Å². The van der Waals surface area contributed by atoms with Gasteiger partial charge < -0.3 is 9.73 Å². The number of benzene rings is 1. The molecule has 1 heterocycles. The number of rotatable bonds is 7. The summed E-state index contributed by atoms with van der Waals surface area (Å²) in [5.41, 5.74) is 0.514. The van der Waals surface area contributed by atoms with Crippen LogP contribution in [-0.4, -0.2) is 20.4 Å². The zero-order valence-electron chi connectivity index (χ0n) is 15.6. The highest BCUT2D eigenvalue weighted by molar-refractivity contribution is 7.89. The zero-order chi connectivity index (χ0) is 19.6. The lowest BCUT2D eigenvalue weighted by molar-refractivity contribution is -0.111. The summed E-state index contributed by atoms with van der Waals surface area (Å²) in [6.45, 7) is 5.70. The number of anilines is 1. The Labute approximate surface area is 159 Å². The molecule has 1 aliphatic carbocycles. The maximum absolute atomic E-state index is 12.1. The molecule has 6 nitrogen and oxygen atoms in total. The van der Waals surface area contributed by atoms with E-state index in [9.17, 15) is 13.2 Å². The van der Waals surface area contributed by atoms with E-state index in [4.69, 9.17) is 4.42 Å². The molecule has 1 aromatic carbocycles. The zero-order valence-corrected chi connectivity index (χ0v) is 16.4. The summed E-state index contributed by atoms with van der Waals surface area (Å²) in [6.07, 6.45) is 4.16. The van der Waals surface area contributed by atoms with E-state index in [0.29, 0.717) is 23.3 Å². The molecular formula is C20H24N2O4S. The van der Waals surface area contributed by atoms with Gasteiger partial charge in [0.15, 0.2) is 0 Å². The van der Waals surface area contributed by atoms with Crippen molar-refractivity contribution < 1.29 is 17.6 Å². The Bertz CT molecular complexity index is 943. The molecule has 2 aromatic rings. The number of sulfonamides is 1. The number of hydrogen-bond donors (Lipinski definition) is 2. The summed E-state index contributed by atoms with van der Waals surface area (Å²) in [4.78, 5) is 12.2. The fraction of sp³-hybridized carbons (Fsp3) is 0.350. The molecule has 27 heavy (non-hydrogen) atoms. The molecule has 7 heteroatoms. The molecule has 144 valence electrons. The second kappa shape index (κ2) is 7.70. The van der Waals surface area contributed by atoms with Gasteiger partial charge in [-0.2, -0.15) is 0 Å². The molecule has 2 N–H and O–H groups in total. The first-order chi connectivity index (χ1) is 12.7. The van der Waals surface area contributed by atoms with Crippen LogP contribution in [0.5, 0.6) is 0 Å². The van der Waals surface area contributed by atoms with E-state index in [-0.39, 0.29) is 16.8 Å². The minimum Gasteiger partial charge on any atom is -0.461 e. The maximum Gasteiger partial charge on any atom is 0.248 e. The van der Waals surface area contributed by atoms with Crippen LogP contribution in [0.3, 0.4) is 0 Å². The third-order valence-electron chi connectivity index (χ3n) is 4.34. The maximum atomic E-state index is 12.1. The third-order valence-corrected chi connectivity index (χ3v) is 6.02. The van der Waals surface area contributed by atoms with Crippen LogP contribution in [0.15, 0.2) is 51.8 Å². The number of carbonyl (C=O) groups excluding carboxylic acids is 1. The minimum atomic E-state index is -3.54. The predicted molar refractivity (Wildman–Crippen MR) is 105 cm³/mol. The average Bonchev–Trinajstić information content (AvgIpc) is 3.14. The van der Waals surface area contributed by atoms with E-state index >= 15 is 0 Å². The molecule has 0 saturated heterocycles. The molecule has 1 amide bonds. The second-order valence-corrected chi connectivity index (χ2v) is 8.90. The first-order valence-electron chi connectivity index (χ1n) is 8.96. The standard InChI is InChI=1S/C20H24N2O4S/c1-13(2)22-27(24,25)17-8-4-15(5-9-17)21-20(23)11-7-16-6-10-19(26-16)18-12-14(18)3/h4-11,13-14,18,22H,12H2,1-3H3,(H,21,23)/b11-7+/t14-,18-/m0/s1.